The van der Waals surface area contributed by atoms with E-state index >= 15 is 0 Å². The fraction of sp³-hybridized carbons (Fsp3) is 0.933. The van der Waals surface area contributed by atoms with E-state index < -0.39 is 5.60 Å². The largest absolute Gasteiger partial charge is 0.392 e. The van der Waals surface area contributed by atoms with Crippen molar-refractivity contribution in [2.24, 2.45) is 50.7 Å². The number of hydrogen-bond donors (Lipinski definition) is 3. The van der Waals surface area contributed by atoms with Crippen LogP contribution in [0.3, 0.4) is 0 Å². The summed E-state index contributed by atoms with van der Waals surface area (Å²) in [7, 11) is 0. The maximum atomic E-state index is 11.4. The third-order valence-electron chi connectivity index (χ3n) is 12.9. The molecule has 10 atom stereocenters. The van der Waals surface area contributed by atoms with Gasteiger partial charge in [0, 0.05) is 11.8 Å². The van der Waals surface area contributed by atoms with Crippen molar-refractivity contribution in [2.75, 3.05) is 0 Å². The Hall–Kier alpha value is -0.380. The summed E-state index contributed by atoms with van der Waals surface area (Å²) in [4.78, 5) is 0. The molecule has 5 rings (SSSR count). The summed E-state index contributed by atoms with van der Waals surface area (Å²) >= 11 is 0. The fourth-order valence-electron chi connectivity index (χ4n) is 11.0. The normalized spacial score (nSPS) is 53.7. The first kappa shape index (κ1) is 24.3. The molecule has 33 heavy (non-hydrogen) atoms. The van der Waals surface area contributed by atoms with E-state index in [1.165, 1.54) is 44.9 Å². The van der Waals surface area contributed by atoms with Crippen molar-refractivity contribution >= 4 is 0 Å². The second kappa shape index (κ2) is 7.10. The van der Waals surface area contributed by atoms with Crippen molar-refractivity contribution < 1.29 is 15.3 Å². The SMILES string of the molecule is C[C@H](C/C=C/C(C)(C)O)[C@H]1CC[C@@]2(C)[C@@H]3CC[C@H]4C(C)(C)[C@H](O)C[C@H](O)[C@@]45C[C@@]35CC[C@]12C. The monoisotopic (exact) mass is 458 g/mol. The Morgan fingerprint density at radius 3 is 2.24 bits per heavy atom. The van der Waals surface area contributed by atoms with Gasteiger partial charge in [-0.05, 0) is 111 Å². The molecule has 0 amide bonds. The molecule has 0 aromatic carbocycles. The molecule has 3 nitrogen and oxygen atoms in total. The van der Waals surface area contributed by atoms with Crippen LogP contribution < -0.4 is 0 Å². The smallest absolute Gasteiger partial charge is 0.0771 e. The van der Waals surface area contributed by atoms with Gasteiger partial charge in [-0.2, -0.15) is 0 Å². The van der Waals surface area contributed by atoms with Gasteiger partial charge in [0.25, 0.3) is 0 Å². The minimum Gasteiger partial charge on any atom is -0.392 e. The highest BCUT2D eigenvalue weighted by atomic mass is 16.3. The van der Waals surface area contributed by atoms with Gasteiger partial charge < -0.3 is 15.3 Å². The lowest BCUT2D eigenvalue weighted by Gasteiger charge is -2.64. The molecule has 0 heterocycles. The van der Waals surface area contributed by atoms with E-state index in [0.29, 0.717) is 40.4 Å². The van der Waals surface area contributed by atoms with E-state index in [1.54, 1.807) is 0 Å². The molecule has 2 spiro atoms. The first-order valence-electron chi connectivity index (χ1n) is 13.9. The van der Waals surface area contributed by atoms with Crippen molar-refractivity contribution in [1.29, 1.82) is 0 Å². The molecule has 0 bridgehead atoms. The first-order chi connectivity index (χ1) is 15.2. The zero-order valence-electron chi connectivity index (χ0n) is 22.3. The zero-order chi connectivity index (χ0) is 24.2. The average Bonchev–Trinajstić information content (AvgIpc) is 3.31. The summed E-state index contributed by atoms with van der Waals surface area (Å²) in [5, 5.41) is 32.4. The minimum atomic E-state index is -0.730. The Balaban J connectivity index is 1.42. The van der Waals surface area contributed by atoms with Crippen LogP contribution in [-0.2, 0) is 0 Å². The van der Waals surface area contributed by atoms with Crippen LogP contribution in [0.5, 0.6) is 0 Å². The number of hydrogen-bond acceptors (Lipinski definition) is 3. The molecule has 5 saturated carbocycles. The van der Waals surface area contributed by atoms with Gasteiger partial charge in [-0.3, -0.25) is 0 Å². The lowest BCUT2D eigenvalue weighted by molar-refractivity contribution is -0.195. The number of aliphatic hydroxyl groups is 3. The van der Waals surface area contributed by atoms with Gasteiger partial charge in [-0.25, -0.2) is 0 Å². The minimum absolute atomic E-state index is 0.0577. The van der Waals surface area contributed by atoms with Crippen LogP contribution in [0, 0.1) is 50.7 Å². The second-order valence-corrected chi connectivity index (χ2v) is 14.9. The molecule has 0 aromatic rings. The third-order valence-corrected chi connectivity index (χ3v) is 12.9. The Labute approximate surface area is 202 Å². The quantitative estimate of drug-likeness (QED) is 0.445. The van der Waals surface area contributed by atoms with Gasteiger partial charge in [0.15, 0.2) is 0 Å². The van der Waals surface area contributed by atoms with Gasteiger partial charge in [-0.15, -0.1) is 0 Å². The third kappa shape index (κ3) is 2.97. The van der Waals surface area contributed by atoms with Crippen LogP contribution in [0.1, 0.15) is 106 Å². The topological polar surface area (TPSA) is 60.7 Å². The number of fused-ring (bicyclic) bond motifs is 2. The van der Waals surface area contributed by atoms with Gasteiger partial charge >= 0.3 is 0 Å². The van der Waals surface area contributed by atoms with Crippen LogP contribution in [-0.4, -0.2) is 33.1 Å². The molecular weight excluding hydrogens is 408 g/mol. The summed E-state index contributed by atoms with van der Waals surface area (Å²) in [5.74, 6) is 2.53. The van der Waals surface area contributed by atoms with E-state index in [1.807, 2.05) is 19.9 Å². The number of rotatable bonds is 4. The highest BCUT2D eigenvalue weighted by molar-refractivity contribution is 5.32. The van der Waals surface area contributed by atoms with Gasteiger partial charge in [-0.1, -0.05) is 46.8 Å². The molecule has 3 heteroatoms. The predicted octanol–water partition coefficient (Wildman–Crippen LogP) is 6.11. The Morgan fingerprint density at radius 1 is 0.909 bits per heavy atom. The molecule has 188 valence electrons. The Bertz CT molecular complexity index is 825. The van der Waals surface area contributed by atoms with Crippen molar-refractivity contribution in [3.63, 3.8) is 0 Å². The maximum Gasteiger partial charge on any atom is 0.0771 e. The summed E-state index contributed by atoms with van der Waals surface area (Å²) in [5.41, 5.74) is 0.248. The van der Waals surface area contributed by atoms with E-state index in [4.69, 9.17) is 0 Å². The highest BCUT2D eigenvalue weighted by Crippen LogP contribution is 2.89. The summed E-state index contributed by atoms with van der Waals surface area (Å²) in [6.45, 7) is 15.9. The van der Waals surface area contributed by atoms with E-state index in [9.17, 15) is 15.3 Å². The first-order valence-corrected chi connectivity index (χ1v) is 13.9. The molecule has 0 aromatic heterocycles. The predicted molar refractivity (Wildman–Crippen MR) is 133 cm³/mol. The summed E-state index contributed by atoms with van der Waals surface area (Å²) in [6, 6.07) is 0. The molecule has 5 aliphatic rings. The van der Waals surface area contributed by atoms with Crippen LogP contribution in [0.15, 0.2) is 12.2 Å². The lowest BCUT2D eigenvalue weighted by atomic mass is 9.41. The zero-order valence-corrected chi connectivity index (χ0v) is 22.3. The van der Waals surface area contributed by atoms with Crippen LogP contribution in [0.4, 0.5) is 0 Å². The number of allylic oxidation sites excluding steroid dienone is 1. The van der Waals surface area contributed by atoms with Crippen molar-refractivity contribution in [2.45, 2.75) is 124 Å². The van der Waals surface area contributed by atoms with E-state index in [0.717, 1.165) is 12.3 Å². The summed E-state index contributed by atoms with van der Waals surface area (Å²) < 4.78 is 0. The molecule has 3 N–H and O–H groups in total. The second-order valence-electron chi connectivity index (χ2n) is 14.9. The highest BCUT2D eigenvalue weighted by Gasteiger charge is 2.84. The molecule has 5 fully saturated rings. The van der Waals surface area contributed by atoms with Crippen molar-refractivity contribution in [3.8, 4) is 0 Å². The molecule has 0 aliphatic heterocycles. The Morgan fingerprint density at radius 2 is 1.58 bits per heavy atom. The molecule has 0 saturated heterocycles. The van der Waals surface area contributed by atoms with Gasteiger partial charge in [0.05, 0.1) is 17.8 Å². The molecule has 0 radical (unpaired) electrons. The molecule has 5 aliphatic carbocycles. The van der Waals surface area contributed by atoms with Crippen LogP contribution in [0.2, 0.25) is 0 Å². The maximum absolute atomic E-state index is 11.4. The van der Waals surface area contributed by atoms with Crippen LogP contribution >= 0.6 is 0 Å². The molecule has 0 unspecified atom stereocenters. The van der Waals surface area contributed by atoms with Crippen molar-refractivity contribution in [1.82, 2.24) is 0 Å². The van der Waals surface area contributed by atoms with E-state index in [2.05, 4.69) is 40.7 Å². The van der Waals surface area contributed by atoms with E-state index in [-0.39, 0.29) is 23.0 Å². The summed E-state index contributed by atoms with van der Waals surface area (Å²) in [6.07, 6.45) is 13.9. The Kier molecular flexibility index (Phi) is 5.23. The average molecular weight is 459 g/mol. The molecular formula is C30H50O3. The number of aliphatic hydroxyl groups excluding tert-OH is 2. The van der Waals surface area contributed by atoms with Gasteiger partial charge in [0.1, 0.15) is 0 Å². The van der Waals surface area contributed by atoms with Gasteiger partial charge in [0.2, 0.25) is 0 Å². The van der Waals surface area contributed by atoms with Crippen molar-refractivity contribution in [3.05, 3.63) is 12.2 Å². The lowest BCUT2D eigenvalue weighted by Crippen LogP contribution is -2.61. The standard InChI is InChI=1S/C30H50O3/c1-19(9-8-13-25(2,3)33)20-12-14-28(7)22-11-10-21-26(4,5)23(31)17-24(32)30(21)18-29(22,30)16-15-27(20,28)6/h8,13,19-24,31-33H,9-12,14-18H2,1-7H3/b13-8+/t19-,20-,21+,22+,23-,24+,27-,28+,29+,30-/m1/s1. The van der Waals surface area contributed by atoms with Crippen LogP contribution in [0.25, 0.3) is 0 Å². The fourth-order valence-corrected chi connectivity index (χ4v) is 11.0.